The summed E-state index contributed by atoms with van der Waals surface area (Å²) in [6.45, 7) is 9.11. The Labute approximate surface area is 550 Å². The van der Waals surface area contributed by atoms with Crippen molar-refractivity contribution in [1.29, 1.82) is 0 Å². The summed E-state index contributed by atoms with van der Waals surface area (Å²) in [5.41, 5.74) is 0. The van der Waals surface area contributed by atoms with Gasteiger partial charge < -0.3 is 20.4 Å². The Hall–Kier alpha value is -2.12. The summed E-state index contributed by atoms with van der Waals surface area (Å²) < 4.78 is 0. The van der Waals surface area contributed by atoms with E-state index in [0.29, 0.717) is 25.7 Å². The fourth-order valence-corrected chi connectivity index (χ4v) is 12.0. The average Bonchev–Trinajstić information content (AvgIpc) is 3.50. The molecule has 0 radical (unpaired) electrons. The van der Waals surface area contributed by atoms with Gasteiger partial charge in [0.05, 0.1) is 0 Å². The van der Waals surface area contributed by atoms with E-state index in [9.17, 15) is 19.2 Å². The number of carboxylic acids is 4. The highest BCUT2D eigenvalue weighted by Crippen LogP contribution is 2.19. The van der Waals surface area contributed by atoms with Crippen LogP contribution in [-0.2, 0) is 19.2 Å². The lowest BCUT2D eigenvalue weighted by molar-refractivity contribution is -0.138. The summed E-state index contributed by atoms with van der Waals surface area (Å²) in [5.74, 6) is -2.61. The number of rotatable bonds is 72. The Bertz CT molecular complexity index is 1190. The van der Waals surface area contributed by atoms with E-state index >= 15 is 0 Å². The molecule has 0 aliphatic rings. The van der Waals surface area contributed by atoms with Crippen molar-refractivity contribution in [2.24, 2.45) is 0 Å². The van der Waals surface area contributed by atoms with E-state index in [-0.39, 0.29) is 0 Å². The van der Waals surface area contributed by atoms with E-state index < -0.39 is 23.9 Å². The summed E-state index contributed by atoms with van der Waals surface area (Å²) in [7, 11) is 0. The van der Waals surface area contributed by atoms with Crippen LogP contribution in [0.3, 0.4) is 0 Å². The molecule has 0 amide bonds. The molecule has 0 aromatic rings. The second-order valence-corrected chi connectivity index (χ2v) is 27.2. The van der Waals surface area contributed by atoms with E-state index in [1.165, 1.54) is 385 Å². The van der Waals surface area contributed by atoms with Gasteiger partial charge in [0.25, 0.3) is 0 Å². The first-order valence-corrected chi connectivity index (χ1v) is 40.0. The Morgan fingerprint density at radius 2 is 0.205 bits per heavy atom. The third-order valence-corrected chi connectivity index (χ3v) is 18.0. The number of hydrogen-bond donors (Lipinski definition) is 4. The molecule has 0 atom stereocenters. The lowest BCUT2D eigenvalue weighted by Gasteiger charge is -2.03. The molecule has 0 rings (SSSR count). The predicted octanol–water partition coefficient (Wildman–Crippen LogP) is 28.5. The number of unbranched alkanes of at least 4 members (excludes halogenated alkanes) is 64. The van der Waals surface area contributed by atoms with Crippen molar-refractivity contribution < 1.29 is 39.6 Å². The van der Waals surface area contributed by atoms with Crippen LogP contribution < -0.4 is 0 Å². The number of hydrogen-bond acceptors (Lipinski definition) is 4. The largest absolute Gasteiger partial charge is 0.481 e. The smallest absolute Gasteiger partial charge is 0.303 e. The van der Waals surface area contributed by atoms with E-state index in [1.54, 1.807) is 0 Å². The zero-order valence-corrected chi connectivity index (χ0v) is 60.3. The fraction of sp³-hybridized carbons (Fsp3) is 0.950. The molecule has 4 N–H and O–H groups in total. The predicted molar refractivity (Wildman–Crippen MR) is 386 cm³/mol. The lowest BCUT2D eigenvalue weighted by Crippen LogP contribution is -1.93. The number of carbonyl (C=O) groups is 4. The molecule has 0 saturated heterocycles. The van der Waals surface area contributed by atoms with Crippen molar-refractivity contribution in [2.45, 2.75) is 490 Å². The standard InChI is InChI=1S/2C22H44O2.2C18H36O2/c2*1-2-3-4-5-6-7-8-9-10-11-12-13-14-15-16-17-18-19-20-21-22(23)24;2*1-2-3-4-5-6-7-8-9-10-11-12-13-14-15-16-17-18(19)20/h2*2-21H2,1H3,(H,23,24);2*2-17H2,1H3,(H,19,20). The van der Waals surface area contributed by atoms with Crippen molar-refractivity contribution in [2.75, 3.05) is 0 Å². The van der Waals surface area contributed by atoms with Gasteiger partial charge in [-0.3, -0.25) is 19.2 Å². The van der Waals surface area contributed by atoms with Crippen LogP contribution in [0.2, 0.25) is 0 Å². The minimum atomic E-state index is -0.653. The summed E-state index contributed by atoms with van der Waals surface area (Å²) in [4.78, 5) is 41.4. The molecule has 0 saturated carbocycles. The van der Waals surface area contributed by atoms with Crippen LogP contribution in [0.15, 0.2) is 0 Å². The number of aliphatic carboxylic acids is 4. The highest BCUT2D eigenvalue weighted by molar-refractivity contribution is 5.67. The molecule has 0 aromatic heterocycles. The minimum Gasteiger partial charge on any atom is -0.481 e. The zero-order valence-electron chi connectivity index (χ0n) is 60.3. The maximum Gasteiger partial charge on any atom is 0.303 e. The van der Waals surface area contributed by atoms with Crippen molar-refractivity contribution in [1.82, 2.24) is 0 Å². The molecule has 0 aliphatic carbocycles. The third-order valence-electron chi connectivity index (χ3n) is 18.0. The maximum atomic E-state index is 10.4. The topological polar surface area (TPSA) is 149 Å². The van der Waals surface area contributed by atoms with Gasteiger partial charge in [0.1, 0.15) is 0 Å². The SMILES string of the molecule is CCCCCCCCCCCCCCCCCC(=O)O.CCCCCCCCCCCCCCCCCC(=O)O.CCCCCCCCCCCCCCCCCCCCCC(=O)O.CCCCCCCCCCCCCCCCCCCCCC(=O)O. The lowest BCUT2D eigenvalue weighted by atomic mass is 10.0. The van der Waals surface area contributed by atoms with Gasteiger partial charge in [0, 0.05) is 25.7 Å². The molecular weight excluding hydrogens is 1090 g/mol. The van der Waals surface area contributed by atoms with Gasteiger partial charge in [-0.2, -0.15) is 0 Å². The van der Waals surface area contributed by atoms with Crippen LogP contribution in [0.4, 0.5) is 0 Å². The second-order valence-electron chi connectivity index (χ2n) is 27.2. The maximum absolute atomic E-state index is 10.4. The van der Waals surface area contributed by atoms with Crippen LogP contribution in [0.25, 0.3) is 0 Å². The average molecular weight is 1250 g/mol. The van der Waals surface area contributed by atoms with Crippen molar-refractivity contribution in [3.63, 3.8) is 0 Å². The van der Waals surface area contributed by atoms with E-state index in [4.69, 9.17) is 20.4 Å². The Morgan fingerprint density at radius 3 is 0.273 bits per heavy atom. The van der Waals surface area contributed by atoms with Crippen LogP contribution in [-0.4, -0.2) is 44.3 Å². The molecule has 0 heterocycles. The molecule has 0 bridgehead atoms. The van der Waals surface area contributed by atoms with Gasteiger partial charge in [-0.05, 0) is 25.7 Å². The van der Waals surface area contributed by atoms with Crippen LogP contribution >= 0.6 is 0 Å². The summed E-state index contributed by atoms with van der Waals surface area (Å²) in [6, 6.07) is 0. The first kappa shape index (κ1) is 92.3. The van der Waals surface area contributed by atoms with Gasteiger partial charge >= 0.3 is 23.9 Å². The molecule has 528 valence electrons. The normalized spacial score (nSPS) is 11.0. The molecule has 0 unspecified atom stereocenters. The van der Waals surface area contributed by atoms with Crippen LogP contribution in [0.1, 0.15) is 490 Å². The molecule has 88 heavy (non-hydrogen) atoms. The van der Waals surface area contributed by atoms with Gasteiger partial charge in [-0.25, -0.2) is 0 Å². The quantitative estimate of drug-likeness (QED) is 0.0440. The molecular formula is C80H160O8. The highest BCUT2D eigenvalue weighted by atomic mass is 16.4. The highest BCUT2D eigenvalue weighted by Gasteiger charge is 2.02. The van der Waals surface area contributed by atoms with Gasteiger partial charge in [-0.1, -0.05) is 439 Å². The molecule has 8 nitrogen and oxygen atoms in total. The first-order chi connectivity index (χ1) is 43.1. The summed E-state index contributed by atoms with van der Waals surface area (Å²) in [6.07, 6.45) is 92.6. The Balaban J connectivity index is -0.000000537. The molecule has 0 aliphatic heterocycles. The van der Waals surface area contributed by atoms with Crippen LogP contribution in [0, 0.1) is 0 Å². The van der Waals surface area contributed by atoms with Gasteiger partial charge in [-0.15, -0.1) is 0 Å². The minimum absolute atomic E-state index is 0.345. The van der Waals surface area contributed by atoms with Gasteiger partial charge in [0.2, 0.25) is 0 Å². The summed E-state index contributed by atoms with van der Waals surface area (Å²) >= 11 is 0. The van der Waals surface area contributed by atoms with E-state index in [1.807, 2.05) is 0 Å². The molecule has 8 heteroatoms. The molecule has 0 fully saturated rings. The van der Waals surface area contributed by atoms with Crippen LogP contribution in [0.5, 0.6) is 0 Å². The summed E-state index contributed by atoms with van der Waals surface area (Å²) in [5, 5.41) is 34.1. The number of carboxylic acid groups (broad SMARTS) is 4. The van der Waals surface area contributed by atoms with Gasteiger partial charge in [0.15, 0.2) is 0 Å². The molecule has 0 spiro atoms. The van der Waals surface area contributed by atoms with Crippen molar-refractivity contribution in [3.05, 3.63) is 0 Å². The zero-order chi connectivity index (χ0) is 65.2. The molecule has 0 aromatic carbocycles. The monoisotopic (exact) mass is 1250 g/mol. The van der Waals surface area contributed by atoms with E-state index in [2.05, 4.69) is 27.7 Å². The van der Waals surface area contributed by atoms with Crippen molar-refractivity contribution >= 4 is 23.9 Å². The first-order valence-electron chi connectivity index (χ1n) is 40.0. The van der Waals surface area contributed by atoms with E-state index in [0.717, 1.165) is 51.4 Å². The Morgan fingerprint density at radius 1 is 0.136 bits per heavy atom. The Kier molecular flexibility index (Phi) is 93.4. The third kappa shape index (κ3) is 106. The second kappa shape index (κ2) is 89.1. The van der Waals surface area contributed by atoms with Crippen molar-refractivity contribution in [3.8, 4) is 0 Å². The fourth-order valence-electron chi connectivity index (χ4n) is 12.0.